The number of amides is 1. The van der Waals surface area contributed by atoms with E-state index in [-0.39, 0.29) is 5.82 Å². The average molecular weight is 484 g/mol. The highest BCUT2D eigenvalue weighted by atomic mass is 19.1. The summed E-state index contributed by atoms with van der Waals surface area (Å²) in [5.41, 5.74) is 3.57. The summed E-state index contributed by atoms with van der Waals surface area (Å²) >= 11 is 0. The van der Waals surface area contributed by atoms with E-state index in [1.165, 1.54) is 23.1 Å². The van der Waals surface area contributed by atoms with Crippen LogP contribution in [0.25, 0.3) is 27.8 Å². The number of halogens is 1. The number of aryl methyl sites for hydroxylation is 1. The minimum absolute atomic E-state index is 0.343. The van der Waals surface area contributed by atoms with Crippen LogP contribution < -0.4 is 4.90 Å². The van der Waals surface area contributed by atoms with Crippen molar-refractivity contribution in [1.29, 1.82) is 0 Å². The molecule has 11 heteroatoms. The van der Waals surface area contributed by atoms with E-state index >= 15 is 0 Å². The first-order valence-electron chi connectivity index (χ1n) is 11.5. The van der Waals surface area contributed by atoms with Crippen molar-refractivity contribution < 1.29 is 14.0 Å². The van der Waals surface area contributed by atoms with E-state index in [0.29, 0.717) is 60.1 Å². The molecular weight excluding hydrogens is 463 g/mol. The molecule has 0 unspecified atom stereocenters. The standard InChI is InChI=1S/C25H21FN8O2/c1-15-20(18-4-2-3-5-19(18)29-15)22(35)25(36)33-12-10-32(11-13-33)23-21-24(28-14-27-23)34(31-30-21)17-8-6-16(26)7-9-17/h2-9,14,29H,10-13H2,1H3. The van der Waals surface area contributed by atoms with Crippen LogP contribution in [0.1, 0.15) is 16.1 Å². The lowest BCUT2D eigenvalue weighted by atomic mass is 10.1. The number of hydrogen-bond donors (Lipinski definition) is 1. The van der Waals surface area contributed by atoms with Crippen molar-refractivity contribution in [2.75, 3.05) is 31.1 Å². The van der Waals surface area contributed by atoms with Gasteiger partial charge >= 0.3 is 0 Å². The zero-order chi connectivity index (χ0) is 24.8. The normalized spacial score (nSPS) is 14.1. The fraction of sp³-hybridized carbons (Fsp3) is 0.200. The first-order chi connectivity index (χ1) is 17.5. The van der Waals surface area contributed by atoms with E-state index in [4.69, 9.17) is 0 Å². The molecule has 2 aromatic carbocycles. The third-order valence-electron chi connectivity index (χ3n) is 6.47. The Kier molecular flexibility index (Phi) is 5.17. The number of aromatic amines is 1. The number of carbonyl (C=O) groups is 2. The second-order valence-corrected chi connectivity index (χ2v) is 8.63. The van der Waals surface area contributed by atoms with Crippen molar-refractivity contribution in [3.8, 4) is 5.69 Å². The summed E-state index contributed by atoms with van der Waals surface area (Å²) in [7, 11) is 0. The minimum atomic E-state index is -0.516. The molecule has 0 bridgehead atoms. The van der Waals surface area contributed by atoms with Crippen molar-refractivity contribution in [1.82, 2.24) is 34.8 Å². The number of benzene rings is 2. The Morgan fingerprint density at radius 3 is 2.50 bits per heavy atom. The lowest BCUT2D eigenvalue weighted by molar-refractivity contribution is -0.126. The third kappa shape index (κ3) is 3.56. The molecule has 0 spiro atoms. The van der Waals surface area contributed by atoms with E-state index in [1.807, 2.05) is 29.2 Å². The number of anilines is 1. The molecule has 36 heavy (non-hydrogen) atoms. The number of carbonyl (C=O) groups excluding carboxylic acids is 2. The van der Waals surface area contributed by atoms with Gasteiger partial charge in [-0.05, 0) is 37.3 Å². The zero-order valence-corrected chi connectivity index (χ0v) is 19.3. The molecule has 1 N–H and O–H groups in total. The maximum absolute atomic E-state index is 13.3. The van der Waals surface area contributed by atoms with Gasteiger partial charge in [-0.2, -0.15) is 4.68 Å². The minimum Gasteiger partial charge on any atom is -0.358 e. The van der Waals surface area contributed by atoms with Gasteiger partial charge in [0.1, 0.15) is 12.1 Å². The average Bonchev–Trinajstić information content (AvgIpc) is 3.49. The Balaban J connectivity index is 1.21. The molecule has 0 radical (unpaired) electrons. The van der Waals surface area contributed by atoms with Crippen molar-refractivity contribution >= 4 is 39.6 Å². The summed E-state index contributed by atoms with van der Waals surface area (Å²) in [4.78, 5) is 41.7. The van der Waals surface area contributed by atoms with Gasteiger partial charge in [0.15, 0.2) is 17.0 Å². The Labute approximate surface area is 204 Å². The smallest absolute Gasteiger partial charge is 0.295 e. The molecule has 6 rings (SSSR count). The number of ketones is 1. The predicted octanol–water partition coefficient (Wildman–Crippen LogP) is 2.67. The molecule has 180 valence electrons. The predicted molar refractivity (Wildman–Crippen MR) is 131 cm³/mol. The Morgan fingerprint density at radius 1 is 0.972 bits per heavy atom. The Bertz CT molecular complexity index is 1620. The van der Waals surface area contributed by atoms with Crippen LogP contribution in [0.3, 0.4) is 0 Å². The fourth-order valence-electron chi connectivity index (χ4n) is 4.67. The highest BCUT2D eigenvalue weighted by molar-refractivity contribution is 6.45. The summed E-state index contributed by atoms with van der Waals surface area (Å²) in [5, 5.41) is 9.19. The number of nitrogens with one attached hydrogen (secondary N) is 1. The molecule has 10 nitrogen and oxygen atoms in total. The van der Waals surface area contributed by atoms with E-state index < -0.39 is 11.7 Å². The van der Waals surface area contributed by atoms with Gasteiger partial charge in [0.25, 0.3) is 11.7 Å². The molecule has 1 fully saturated rings. The molecule has 1 aliphatic rings. The van der Waals surface area contributed by atoms with Gasteiger partial charge in [-0.1, -0.05) is 23.4 Å². The van der Waals surface area contributed by atoms with Crippen LogP contribution >= 0.6 is 0 Å². The third-order valence-corrected chi connectivity index (χ3v) is 6.47. The molecule has 3 aromatic heterocycles. The Hall–Kier alpha value is -4.67. The molecule has 0 aliphatic carbocycles. The van der Waals surface area contributed by atoms with Crippen molar-refractivity contribution in [2.24, 2.45) is 0 Å². The van der Waals surface area contributed by atoms with Crippen LogP contribution in [0.2, 0.25) is 0 Å². The van der Waals surface area contributed by atoms with Gasteiger partial charge in [0.05, 0.1) is 11.3 Å². The van der Waals surface area contributed by atoms with Crippen LogP contribution in [0, 0.1) is 12.7 Å². The molecule has 0 atom stereocenters. The first kappa shape index (κ1) is 21.8. The number of fused-ring (bicyclic) bond motifs is 2. The summed E-state index contributed by atoms with van der Waals surface area (Å²) in [6.07, 6.45) is 1.43. The highest BCUT2D eigenvalue weighted by Crippen LogP contribution is 2.25. The van der Waals surface area contributed by atoms with Crippen LogP contribution in [0.5, 0.6) is 0 Å². The van der Waals surface area contributed by atoms with Crippen LogP contribution in [0.15, 0.2) is 54.9 Å². The van der Waals surface area contributed by atoms with Crippen molar-refractivity contribution in [3.63, 3.8) is 0 Å². The number of Topliss-reactive ketones (excluding diaryl/α,β-unsaturated/α-hetero) is 1. The topological polar surface area (TPSA) is 113 Å². The second kappa shape index (κ2) is 8.52. The van der Waals surface area contributed by atoms with E-state index in [9.17, 15) is 14.0 Å². The number of para-hydroxylation sites is 1. The number of nitrogens with zero attached hydrogens (tertiary/aromatic N) is 7. The maximum atomic E-state index is 13.3. The Morgan fingerprint density at radius 2 is 1.72 bits per heavy atom. The van der Waals surface area contributed by atoms with E-state index in [2.05, 4.69) is 25.3 Å². The number of hydrogen-bond acceptors (Lipinski definition) is 7. The SMILES string of the molecule is Cc1[nH]c2ccccc2c1C(=O)C(=O)N1CCN(c2ncnc3c2nnn3-c2ccc(F)cc2)CC1. The first-order valence-corrected chi connectivity index (χ1v) is 11.5. The number of H-pyrrole nitrogens is 1. The molecule has 4 heterocycles. The van der Waals surface area contributed by atoms with Crippen LogP contribution in [0.4, 0.5) is 10.2 Å². The van der Waals surface area contributed by atoms with Gasteiger partial charge in [0, 0.05) is 42.8 Å². The quantitative estimate of drug-likeness (QED) is 0.308. The maximum Gasteiger partial charge on any atom is 0.295 e. The summed E-state index contributed by atoms with van der Waals surface area (Å²) in [6.45, 7) is 3.48. The van der Waals surface area contributed by atoms with E-state index in [0.717, 1.165) is 10.9 Å². The monoisotopic (exact) mass is 484 g/mol. The zero-order valence-electron chi connectivity index (χ0n) is 19.3. The van der Waals surface area contributed by atoms with Crippen molar-refractivity contribution in [3.05, 3.63) is 71.9 Å². The molecular formula is C25H21FN8O2. The molecule has 1 saturated heterocycles. The number of rotatable bonds is 4. The van der Waals surface area contributed by atoms with Gasteiger partial charge in [-0.3, -0.25) is 9.59 Å². The molecule has 5 aromatic rings. The van der Waals surface area contributed by atoms with Gasteiger partial charge in [0.2, 0.25) is 0 Å². The van der Waals surface area contributed by atoms with E-state index in [1.54, 1.807) is 24.0 Å². The molecule has 1 aliphatic heterocycles. The largest absolute Gasteiger partial charge is 0.358 e. The summed E-state index contributed by atoms with van der Waals surface area (Å²) < 4.78 is 14.9. The van der Waals surface area contributed by atoms with Crippen LogP contribution in [-0.2, 0) is 4.79 Å². The van der Waals surface area contributed by atoms with Gasteiger partial charge < -0.3 is 14.8 Å². The number of piperazine rings is 1. The second-order valence-electron chi connectivity index (χ2n) is 8.63. The van der Waals surface area contributed by atoms with Gasteiger partial charge in [-0.15, -0.1) is 5.10 Å². The van der Waals surface area contributed by atoms with Crippen molar-refractivity contribution in [2.45, 2.75) is 6.92 Å². The number of aromatic nitrogens is 6. The van der Waals surface area contributed by atoms with Gasteiger partial charge in [-0.25, -0.2) is 14.4 Å². The lowest BCUT2D eigenvalue weighted by Crippen LogP contribution is -2.51. The fourth-order valence-corrected chi connectivity index (χ4v) is 4.67. The summed E-state index contributed by atoms with van der Waals surface area (Å²) in [5.74, 6) is -0.772. The molecule has 1 amide bonds. The highest BCUT2D eigenvalue weighted by Gasteiger charge is 2.30. The summed E-state index contributed by atoms with van der Waals surface area (Å²) in [6, 6.07) is 13.4. The van der Waals surface area contributed by atoms with Crippen LogP contribution in [-0.4, -0.2) is 72.7 Å². The lowest BCUT2D eigenvalue weighted by Gasteiger charge is -2.34. The molecule has 0 saturated carbocycles.